The number of hydrogen-bond donors (Lipinski definition) is 1. The lowest BCUT2D eigenvalue weighted by atomic mass is 10.0. The molecule has 126 valence electrons. The third-order valence-corrected chi connectivity index (χ3v) is 4.36. The molecule has 0 spiro atoms. The topological polar surface area (TPSA) is 52.5 Å². The van der Waals surface area contributed by atoms with Gasteiger partial charge in [-0.1, -0.05) is 24.3 Å². The minimum Gasteiger partial charge on any atom is -0.334 e. The van der Waals surface area contributed by atoms with Crippen LogP contribution in [-0.4, -0.2) is 16.2 Å². The van der Waals surface area contributed by atoms with E-state index in [-0.39, 0.29) is 11.4 Å². The van der Waals surface area contributed by atoms with E-state index in [4.69, 9.17) is 5.26 Å². The van der Waals surface area contributed by atoms with Gasteiger partial charge in [0.25, 0.3) is 0 Å². The Kier molecular flexibility index (Phi) is 4.55. The Morgan fingerprint density at radius 1 is 1.08 bits per heavy atom. The summed E-state index contributed by atoms with van der Waals surface area (Å²) in [6.07, 6.45) is -2.66. The summed E-state index contributed by atoms with van der Waals surface area (Å²) in [5.41, 5.74) is 1.85. The molecule has 0 aliphatic rings. The fourth-order valence-electron chi connectivity index (χ4n) is 2.42. The Morgan fingerprint density at radius 2 is 1.80 bits per heavy atom. The number of aromatic amines is 1. The number of alkyl halides is 3. The van der Waals surface area contributed by atoms with Gasteiger partial charge in [0.05, 0.1) is 23.0 Å². The highest BCUT2D eigenvalue weighted by Crippen LogP contribution is 2.36. The van der Waals surface area contributed by atoms with Crippen LogP contribution in [0.5, 0.6) is 0 Å². The molecule has 25 heavy (non-hydrogen) atoms. The van der Waals surface area contributed by atoms with Crippen LogP contribution < -0.4 is 0 Å². The Hall–Kier alpha value is -2.72. The molecule has 2 aromatic carbocycles. The second-order valence-corrected chi connectivity index (χ2v) is 6.11. The summed E-state index contributed by atoms with van der Waals surface area (Å²) in [6, 6.07) is 15.5. The van der Waals surface area contributed by atoms with Crippen molar-refractivity contribution in [1.29, 1.82) is 5.26 Å². The third-order valence-electron chi connectivity index (χ3n) is 3.62. The molecular formula is C18H12F3N3S. The second-order valence-electron chi connectivity index (χ2n) is 5.23. The van der Waals surface area contributed by atoms with Crippen molar-refractivity contribution in [2.24, 2.45) is 0 Å². The van der Waals surface area contributed by atoms with E-state index in [1.54, 1.807) is 42.1 Å². The van der Waals surface area contributed by atoms with E-state index in [0.717, 1.165) is 4.90 Å². The minimum atomic E-state index is -4.58. The summed E-state index contributed by atoms with van der Waals surface area (Å²) < 4.78 is 39.4. The van der Waals surface area contributed by atoms with Crippen molar-refractivity contribution in [3.8, 4) is 28.6 Å². The Balaban J connectivity index is 2.18. The van der Waals surface area contributed by atoms with Crippen molar-refractivity contribution in [3.05, 3.63) is 59.9 Å². The van der Waals surface area contributed by atoms with Crippen LogP contribution in [0.1, 0.15) is 11.4 Å². The Bertz CT molecular complexity index is 937. The van der Waals surface area contributed by atoms with Crippen LogP contribution in [0.3, 0.4) is 0 Å². The van der Waals surface area contributed by atoms with Crippen molar-refractivity contribution in [1.82, 2.24) is 9.97 Å². The molecule has 7 heteroatoms. The van der Waals surface area contributed by atoms with Crippen LogP contribution >= 0.6 is 11.8 Å². The van der Waals surface area contributed by atoms with Gasteiger partial charge in [-0.2, -0.15) is 18.4 Å². The molecule has 1 N–H and O–H groups in total. The van der Waals surface area contributed by atoms with E-state index >= 15 is 0 Å². The predicted octanol–water partition coefficient (Wildman–Crippen LogP) is 5.36. The summed E-state index contributed by atoms with van der Waals surface area (Å²) in [7, 11) is 0. The van der Waals surface area contributed by atoms with Gasteiger partial charge in [-0.3, -0.25) is 0 Å². The van der Waals surface area contributed by atoms with Crippen molar-refractivity contribution in [3.63, 3.8) is 0 Å². The zero-order valence-electron chi connectivity index (χ0n) is 13.1. The van der Waals surface area contributed by atoms with Gasteiger partial charge in [0.15, 0.2) is 0 Å². The van der Waals surface area contributed by atoms with Crippen LogP contribution in [0.15, 0.2) is 53.4 Å². The fourth-order valence-corrected chi connectivity index (χ4v) is 2.83. The summed E-state index contributed by atoms with van der Waals surface area (Å²) >= 11 is 1.55. The quantitative estimate of drug-likeness (QED) is 0.641. The summed E-state index contributed by atoms with van der Waals surface area (Å²) in [5.74, 6) is -1.06. The first-order valence-corrected chi connectivity index (χ1v) is 8.47. The summed E-state index contributed by atoms with van der Waals surface area (Å²) in [6.45, 7) is 0. The number of hydrogen-bond acceptors (Lipinski definition) is 3. The van der Waals surface area contributed by atoms with Crippen molar-refractivity contribution >= 4 is 11.8 Å². The van der Waals surface area contributed by atoms with Crippen molar-refractivity contribution < 1.29 is 13.2 Å². The van der Waals surface area contributed by atoms with E-state index in [0.29, 0.717) is 16.7 Å². The molecule has 0 atom stereocenters. The van der Waals surface area contributed by atoms with E-state index in [9.17, 15) is 13.2 Å². The van der Waals surface area contributed by atoms with Crippen molar-refractivity contribution in [2.45, 2.75) is 11.1 Å². The summed E-state index contributed by atoms with van der Waals surface area (Å²) in [4.78, 5) is 7.14. The molecular weight excluding hydrogens is 347 g/mol. The minimum absolute atomic E-state index is 0.168. The first-order valence-electron chi connectivity index (χ1n) is 7.24. The van der Waals surface area contributed by atoms with E-state index in [1.165, 1.54) is 6.07 Å². The number of imidazole rings is 1. The smallest absolute Gasteiger partial charge is 0.334 e. The molecule has 0 fully saturated rings. The third kappa shape index (κ3) is 3.54. The number of nitrogens with one attached hydrogen (secondary N) is 1. The number of nitriles is 1. The maximum atomic E-state index is 13.1. The summed E-state index contributed by atoms with van der Waals surface area (Å²) in [5, 5.41) is 9.03. The molecule has 1 aromatic heterocycles. The van der Waals surface area contributed by atoms with Crippen LogP contribution in [0.2, 0.25) is 0 Å². The average molecular weight is 359 g/mol. The van der Waals surface area contributed by atoms with Gasteiger partial charge < -0.3 is 4.98 Å². The largest absolute Gasteiger partial charge is 0.449 e. The van der Waals surface area contributed by atoms with E-state index < -0.39 is 12.0 Å². The van der Waals surface area contributed by atoms with Gasteiger partial charge in [0, 0.05) is 16.0 Å². The molecule has 0 radical (unpaired) electrons. The molecule has 0 saturated heterocycles. The van der Waals surface area contributed by atoms with Gasteiger partial charge in [0.2, 0.25) is 5.82 Å². The molecule has 0 aliphatic heterocycles. The molecule has 0 aliphatic carbocycles. The lowest BCUT2D eigenvalue weighted by Gasteiger charge is -2.05. The van der Waals surface area contributed by atoms with Gasteiger partial charge in [-0.05, 0) is 30.5 Å². The standard InChI is InChI=1S/C18H12F3N3S/c1-25-14-7-5-12(6-8-14)15-16(24-17(23-15)18(19,20)21)13-4-2-3-11(9-13)10-22/h2-9H,1H3,(H,23,24). The number of nitrogens with zero attached hydrogens (tertiary/aromatic N) is 2. The molecule has 1 heterocycles. The van der Waals surface area contributed by atoms with Crippen molar-refractivity contribution in [2.75, 3.05) is 6.26 Å². The molecule has 0 bridgehead atoms. The number of rotatable bonds is 3. The highest BCUT2D eigenvalue weighted by molar-refractivity contribution is 7.98. The number of halogens is 3. The average Bonchev–Trinajstić information content (AvgIpc) is 3.07. The van der Waals surface area contributed by atoms with E-state index in [2.05, 4.69) is 9.97 Å². The van der Waals surface area contributed by atoms with Gasteiger partial charge >= 0.3 is 6.18 Å². The molecule has 0 saturated carbocycles. The lowest BCUT2D eigenvalue weighted by Crippen LogP contribution is -2.07. The normalized spacial score (nSPS) is 11.3. The Labute approximate surface area is 146 Å². The highest BCUT2D eigenvalue weighted by atomic mass is 32.2. The van der Waals surface area contributed by atoms with Gasteiger partial charge in [-0.25, -0.2) is 4.98 Å². The fraction of sp³-hybridized carbons (Fsp3) is 0.111. The molecule has 3 aromatic rings. The molecule has 3 rings (SSSR count). The molecule has 0 amide bonds. The number of benzene rings is 2. The number of aromatic nitrogens is 2. The Morgan fingerprint density at radius 3 is 2.40 bits per heavy atom. The van der Waals surface area contributed by atoms with Gasteiger partial charge in [-0.15, -0.1) is 11.8 Å². The maximum Gasteiger partial charge on any atom is 0.449 e. The molecule has 3 nitrogen and oxygen atoms in total. The predicted molar refractivity (Wildman–Crippen MR) is 91.0 cm³/mol. The van der Waals surface area contributed by atoms with Gasteiger partial charge in [0.1, 0.15) is 0 Å². The van der Waals surface area contributed by atoms with Crippen LogP contribution in [0.4, 0.5) is 13.2 Å². The zero-order chi connectivity index (χ0) is 18.0. The monoisotopic (exact) mass is 359 g/mol. The van der Waals surface area contributed by atoms with E-state index in [1.807, 2.05) is 24.5 Å². The van der Waals surface area contributed by atoms with Crippen LogP contribution in [-0.2, 0) is 6.18 Å². The van der Waals surface area contributed by atoms with Crippen LogP contribution in [0, 0.1) is 11.3 Å². The molecule has 0 unspecified atom stereocenters. The maximum absolute atomic E-state index is 13.1. The van der Waals surface area contributed by atoms with Crippen LogP contribution in [0.25, 0.3) is 22.5 Å². The second kappa shape index (κ2) is 6.65. The number of thioether (sulfide) groups is 1. The first kappa shape index (κ1) is 17.1. The lowest BCUT2D eigenvalue weighted by molar-refractivity contribution is -0.144. The highest BCUT2D eigenvalue weighted by Gasteiger charge is 2.36. The first-order chi connectivity index (χ1) is 11.9. The SMILES string of the molecule is CSc1ccc(-c2[nH]c(C(F)(F)F)nc2-c2cccc(C#N)c2)cc1. The zero-order valence-corrected chi connectivity index (χ0v) is 13.9. The number of H-pyrrole nitrogens is 1.